The molecular formula is C23H20FN4O4+. The molecule has 8 nitrogen and oxygen atoms in total. The summed E-state index contributed by atoms with van der Waals surface area (Å²) >= 11 is 0. The first kappa shape index (κ1) is 21.1. The van der Waals surface area contributed by atoms with Gasteiger partial charge in [0.25, 0.3) is 5.91 Å². The number of ether oxygens (including phenoxy) is 1. The summed E-state index contributed by atoms with van der Waals surface area (Å²) in [5.74, 6) is -0.721. The molecule has 0 aromatic heterocycles. The quantitative estimate of drug-likeness (QED) is 0.706. The van der Waals surface area contributed by atoms with Gasteiger partial charge in [-0.25, -0.2) is 9.18 Å². The van der Waals surface area contributed by atoms with E-state index in [2.05, 4.69) is 10.3 Å². The highest BCUT2D eigenvalue weighted by molar-refractivity contribution is 6.20. The number of rotatable bonds is 6. The number of nitrogens with one attached hydrogen (secondary N) is 1. The summed E-state index contributed by atoms with van der Waals surface area (Å²) in [7, 11) is 1.55. The lowest BCUT2D eigenvalue weighted by atomic mass is 10.0. The average molecular weight is 435 g/mol. The lowest BCUT2D eigenvalue weighted by molar-refractivity contribution is -0.427. The molecule has 2 heterocycles. The molecule has 0 saturated carbocycles. The van der Waals surface area contributed by atoms with Gasteiger partial charge in [0.2, 0.25) is 6.04 Å². The van der Waals surface area contributed by atoms with Gasteiger partial charge in [-0.05, 0) is 54.1 Å². The molecule has 2 aromatic carbocycles. The number of benzene rings is 2. The van der Waals surface area contributed by atoms with Gasteiger partial charge in [0.1, 0.15) is 23.8 Å². The molecule has 0 spiro atoms. The fourth-order valence-electron chi connectivity index (χ4n) is 3.47. The van der Waals surface area contributed by atoms with Crippen molar-refractivity contribution in [3.05, 3.63) is 72.1 Å². The Balaban J connectivity index is 1.58. The molecule has 9 heteroatoms. The van der Waals surface area contributed by atoms with Gasteiger partial charge >= 0.3 is 11.9 Å². The average Bonchev–Trinajstić information content (AvgIpc) is 2.81. The van der Waals surface area contributed by atoms with Crippen LogP contribution in [-0.4, -0.2) is 58.9 Å². The summed E-state index contributed by atoms with van der Waals surface area (Å²) in [6.07, 6.45) is 4.70. The van der Waals surface area contributed by atoms with Crippen LogP contribution in [0.5, 0.6) is 5.75 Å². The Morgan fingerprint density at radius 2 is 1.88 bits per heavy atom. The van der Waals surface area contributed by atoms with E-state index in [4.69, 9.17) is 4.74 Å². The van der Waals surface area contributed by atoms with Crippen molar-refractivity contribution in [3.8, 4) is 5.75 Å². The molecule has 162 valence electrons. The van der Waals surface area contributed by atoms with Crippen molar-refractivity contribution in [3.63, 3.8) is 0 Å². The smallest absolute Gasteiger partial charge is 0.497 e. The number of anilines is 1. The number of carbonyl (C=O) groups is 3. The number of aliphatic imine (C=N–C) groups is 1. The zero-order valence-electron chi connectivity index (χ0n) is 17.2. The first-order chi connectivity index (χ1) is 15.5. The molecule has 1 unspecified atom stereocenters. The number of hydrogen-bond acceptors (Lipinski definition) is 5. The first-order valence-electron chi connectivity index (χ1n) is 9.84. The SMILES string of the molecule is COc1ccc(CN2C(=O)C3N=CC=CC3=[N+](CC(=O)Nc3ccc(F)cc3)C2=O)cc1. The summed E-state index contributed by atoms with van der Waals surface area (Å²) in [4.78, 5) is 44.1. The second kappa shape index (κ2) is 8.93. The molecule has 32 heavy (non-hydrogen) atoms. The van der Waals surface area contributed by atoms with E-state index < -0.39 is 29.7 Å². The predicted molar refractivity (Wildman–Crippen MR) is 116 cm³/mol. The monoisotopic (exact) mass is 435 g/mol. The number of imide groups is 1. The van der Waals surface area contributed by atoms with Gasteiger partial charge in [-0.15, -0.1) is 0 Å². The molecule has 2 aliphatic heterocycles. The zero-order valence-corrected chi connectivity index (χ0v) is 17.2. The van der Waals surface area contributed by atoms with E-state index in [1.807, 2.05) is 0 Å². The lowest BCUT2D eigenvalue weighted by Crippen LogP contribution is -2.57. The second-order valence-electron chi connectivity index (χ2n) is 7.18. The van der Waals surface area contributed by atoms with Crippen molar-refractivity contribution in [2.24, 2.45) is 4.99 Å². The minimum atomic E-state index is -0.908. The van der Waals surface area contributed by atoms with Crippen molar-refractivity contribution < 1.29 is 28.1 Å². The maximum absolute atomic E-state index is 13.2. The fraction of sp³-hybridized carbons (Fsp3) is 0.174. The number of nitrogens with zero attached hydrogens (tertiary/aromatic N) is 3. The van der Waals surface area contributed by atoms with E-state index >= 15 is 0 Å². The molecule has 0 bridgehead atoms. The topological polar surface area (TPSA) is 91.1 Å². The number of dihydropyridines is 1. The van der Waals surface area contributed by atoms with Gasteiger partial charge in [-0.3, -0.25) is 9.79 Å². The summed E-state index contributed by atoms with van der Waals surface area (Å²) in [6.45, 7) is -0.297. The summed E-state index contributed by atoms with van der Waals surface area (Å²) in [5, 5.41) is 2.63. The molecular weight excluding hydrogens is 415 g/mol. The molecule has 0 saturated heterocycles. The third-order valence-electron chi connectivity index (χ3n) is 5.07. The fourth-order valence-corrected chi connectivity index (χ4v) is 3.47. The van der Waals surface area contributed by atoms with Gasteiger partial charge in [-0.1, -0.05) is 12.1 Å². The highest BCUT2D eigenvalue weighted by Crippen LogP contribution is 2.19. The van der Waals surface area contributed by atoms with Crippen LogP contribution in [0.4, 0.5) is 14.9 Å². The molecule has 2 aliphatic rings. The lowest BCUT2D eigenvalue weighted by Gasteiger charge is -2.26. The van der Waals surface area contributed by atoms with Crippen molar-refractivity contribution in [2.75, 3.05) is 19.0 Å². The Morgan fingerprint density at radius 3 is 2.56 bits per heavy atom. The standard InChI is InChI=1S/C23H19FN4O4/c1-32-18-10-4-15(5-11-18)13-28-22(30)21-19(3-2-12-25-21)27(23(28)31)14-20(29)26-17-8-6-16(24)7-9-17/h2-12,21H,13-14H2,1H3/p+1. The predicted octanol–water partition coefficient (Wildman–Crippen LogP) is 2.40. The van der Waals surface area contributed by atoms with Gasteiger partial charge in [0, 0.05) is 11.9 Å². The van der Waals surface area contributed by atoms with E-state index in [0.717, 1.165) is 10.5 Å². The van der Waals surface area contributed by atoms with Crippen LogP contribution in [0.2, 0.25) is 0 Å². The number of methoxy groups -OCH3 is 1. The third kappa shape index (κ3) is 4.31. The van der Waals surface area contributed by atoms with Gasteiger partial charge in [-0.2, -0.15) is 14.3 Å². The van der Waals surface area contributed by atoms with Crippen LogP contribution in [0.1, 0.15) is 5.56 Å². The Bertz CT molecular complexity index is 1150. The minimum Gasteiger partial charge on any atom is -0.497 e. The van der Waals surface area contributed by atoms with Crippen LogP contribution in [0, 0.1) is 5.82 Å². The van der Waals surface area contributed by atoms with Gasteiger partial charge < -0.3 is 10.1 Å². The molecule has 0 radical (unpaired) electrons. The molecule has 1 atom stereocenters. The summed E-state index contributed by atoms with van der Waals surface area (Å²) in [5.41, 5.74) is 1.45. The highest BCUT2D eigenvalue weighted by Gasteiger charge is 2.48. The van der Waals surface area contributed by atoms with Crippen LogP contribution < -0.4 is 10.1 Å². The second-order valence-corrected chi connectivity index (χ2v) is 7.18. The molecule has 4 rings (SSSR count). The van der Waals surface area contributed by atoms with Gasteiger partial charge in [0.05, 0.1) is 7.11 Å². The maximum atomic E-state index is 13.2. The Hall–Kier alpha value is -4.14. The van der Waals surface area contributed by atoms with Gasteiger partial charge in [0.15, 0.2) is 6.54 Å². The molecule has 0 aliphatic carbocycles. The van der Waals surface area contributed by atoms with Crippen molar-refractivity contribution >= 4 is 35.5 Å². The van der Waals surface area contributed by atoms with E-state index in [0.29, 0.717) is 17.1 Å². The number of hydrogen-bond donors (Lipinski definition) is 1. The van der Waals surface area contributed by atoms with Crippen LogP contribution in [-0.2, 0) is 16.1 Å². The zero-order chi connectivity index (χ0) is 22.7. The molecule has 1 N–H and O–H groups in total. The third-order valence-corrected chi connectivity index (χ3v) is 5.07. The Labute approximate surface area is 183 Å². The molecule has 0 fully saturated rings. The van der Waals surface area contributed by atoms with E-state index in [1.54, 1.807) is 43.5 Å². The van der Waals surface area contributed by atoms with Crippen LogP contribution in [0.15, 0.2) is 65.7 Å². The van der Waals surface area contributed by atoms with E-state index in [-0.39, 0.29) is 13.1 Å². The number of urea groups is 1. The van der Waals surface area contributed by atoms with Crippen molar-refractivity contribution in [2.45, 2.75) is 12.6 Å². The first-order valence-corrected chi connectivity index (χ1v) is 9.84. The molecule has 2 aromatic rings. The summed E-state index contributed by atoms with van der Waals surface area (Å²) in [6, 6.07) is 10.8. The van der Waals surface area contributed by atoms with E-state index in [9.17, 15) is 18.8 Å². The van der Waals surface area contributed by atoms with Crippen molar-refractivity contribution in [1.29, 1.82) is 0 Å². The number of amides is 4. The van der Waals surface area contributed by atoms with Crippen LogP contribution in [0.3, 0.4) is 0 Å². The number of fused-ring (bicyclic) bond motifs is 1. The maximum Gasteiger partial charge on any atom is 0.501 e. The van der Waals surface area contributed by atoms with Crippen molar-refractivity contribution in [1.82, 2.24) is 4.90 Å². The number of carbonyl (C=O) groups excluding carboxylic acids is 3. The van der Waals surface area contributed by atoms with E-state index in [1.165, 1.54) is 35.1 Å². The Morgan fingerprint density at radius 1 is 1.16 bits per heavy atom. The minimum absolute atomic E-state index is 0.0285. The van der Waals surface area contributed by atoms with Crippen LogP contribution >= 0.6 is 0 Å². The normalized spacial score (nSPS) is 17.4. The molecule has 4 amide bonds. The largest absolute Gasteiger partial charge is 0.501 e. The number of allylic oxidation sites excluding steroid dienone is 1. The highest BCUT2D eigenvalue weighted by atomic mass is 19.1. The number of halogens is 1. The Kier molecular flexibility index (Phi) is 5.89. The van der Waals surface area contributed by atoms with Crippen LogP contribution in [0.25, 0.3) is 0 Å². The summed E-state index contributed by atoms with van der Waals surface area (Å²) < 4.78 is 19.5.